The van der Waals surface area contributed by atoms with Crippen LogP contribution in [0.2, 0.25) is 0 Å². The van der Waals surface area contributed by atoms with E-state index in [4.69, 9.17) is 5.11 Å². The van der Waals surface area contributed by atoms with Gasteiger partial charge in [0.2, 0.25) is 0 Å². The highest BCUT2D eigenvalue weighted by Crippen LogP contribution is 2.03. The lowest BCUT2D eigenvalue weighted by Gasteiger charge is -2.16. The molecule has 0 aromatic rings. The van der Waals surface area contributed by atoms with Gasteiger partial charge in [-0.05, 0) is 6.54 Å². The highest BCUT2D eigenvalue weighted by Gasteiger charge is 2.06. The van der Waals surface area contributed by atoms with Gasteiger partial charge in [-0.25, -0.2) is 0 Å². The van der Waals surface area contributed by atoms with Crippen molar-refractivity contribution in [2.45, 2.75) is 6.92 Å². The van der Waals surface area contributed by atoms with Gasteiger partial charge >= 0.3 is 5.97 Å². The van der Waals surface area contributed by atoms with Gasteiger partial charge in [0, 0.05) is 11.0 Å². The van der Waals surface area contributed by atoms with Crippen LogP contribution in [-0.2, 0) is 4.79 Å². The van der Waals surface area contributed by atoms with Crippen LogP contribution in [-0.4, -0.2) is 35.6 Å². The highest BCUT2D eigenvalue weighted by molar-refractivity contribution is 9.11. The number of likely N-dealkylation sites (N-methyl/N-ethyl adjacent to an activating group) is 1. The Morgan fingerprint density at radius 1 is 1.64 bits per heavy atom. The summed E-state index contributed by atoms with van der Waals surface area (Å²) in [6.45, 7) is 6.92. The molecule has 0 bridgehead atoms. The van der Waals surface area contributed by atoms with E-state index in [0.29, 0.717) is 6.54 Å². The van der Waals surface area contributed by atoms with E-state index < -0.39 is 5.97 Å². The number of carbonyl (C=O) groups is 1. The van der Waals surface area contributed by atoms with E-state index in [1.165, 1.54) is 0 Å². The predicted molar refractivity (Wildman–Crippen MR) is 47.8 cm³/mol. The zero-order valence-corrected chi connectivity index (χ0v) is 8.10. The number of carboxylic acid groups (broad SMARTS) is 1. The Morgan fingerprint density at radius 3 is 2.45 bits per heavy atom. The number of halogens is 1. The first-order valence-corrected chi connectivity index (χ1v) is 4.13. The van der Waals surface area contributed by atoms with E-state index in [1.54, 1.807) is 4.90 Å². The van der Waals surface area contributed by atoms with E-state index in [9.17, 15) is 4.79 Å². The van der Waals surface area contributed by atoms with Gasteiger partial charge in [0.15, 0.2) is 0 Å². The fourth-order valence-electron chi connectivity index (χ4n) is 0.713. The minimum Gasteiger partial charge on any atom is -0.480 e. The maximum absolute atomic E-state index is 10.3. The number of rotatable bonds is 5. The Balaban J connectivity index is 3.76. The second-order valence-electron chi connectivity index (χ2n) is 2.21. The molecule has 4 heteroatoms. The van der Waals surface area contributed by atoms with Crippen molar-refractivity contribution in [3.05, 3.63) is 11.1 Å². The molecule has 11 heavy (non-hydrogen) atoms. The third-order valence-corrected chi connectivity index (χ3v) is 1.45. The molecule has 3 nitrogen and oxygen atoms in total. The van der Waals surface area contributed by atoms with Crippen LogP contribution in [0.3, 0.4) is 0 Å². The first-order valence-electron chi connectivity index (χ1n) is 3.33. The Labute approximate surface area is 74.8 Å². The number of nitrogens with zero attached hydrogens (tertiary/aromatic N) is 1. The number of hydrogen-bond donors (Lipinski definition) is 1. The van der Waals surface area contributed by atoms with E-state index in [2.05, 4.69) is 22.5 Å². The molecule has 0 atom stereocenters. The van der Waals surface area contributed by atoms with Crippen LogP contribution >= 0.6 is 15.9 Å². The van der Waals surface area contributed by atoms with Crippen molar-refractivity contribution in [2.24, 2.45) is 0 Å². The Hall–Kier alpha value is -0.350. The van der Waals surface area contributed by atoms with Crippen molar-refractivity contribution in [1.29, 1.82) is 0 Å². The van der Waals surface area contributed by atoms with Gasteiger partial charge in [-0.15, -0.1) is 0 Å². The molecule has 0 heterocycles. The minimum absolute atomic E-state index is 0.0706. The van der Waals surface area contributed by atoms with Gasteiger partial charge in [0.1, 0.15) is 0 Å². The molecule has 0 aliphatic carbocycles. The molecule has 0 amide bonds. The summed E-state index contributed by atoms with van der Waals surface area (Å²) in [5, 5.41) is 8.44. The average Bonchev–Trinajstić information content (AvgIpc) is 1.84. The average molecular weight is 222 g/mol. The summed E-state index contributed by atoms with van der Waals surface area (Å²) in [5.41, 5.74) is 0. The quantitative estimate of drug-likeness (QED) is 0.762. The first kappa shape index (κ1) is 10.7. The summed E-state index contributed by atoms with van der Waals surface area (Å²) in [6.07, 6.45) is 0. The summed E-state index contributed by atoms with van der Waals surface area (Å²) in [4.78, 5) is 12.0. The molecule has 0 fully saturated rings. The Bertz CT molecular complexity index is 143. The molecule has 0 saturated heterocycles. The molecule has 0 spiro atoms. The van der Waals surface area contributed by atoms with Gasteiger partial charge in [-0.3, -0.25) is 9.69 Å². The molecule has 0 aromatic carbocycles. The molecule has 64 valence electrons. The third kappa shape index (κ3) is 6.06. The zero-order chi connectivity index (χ0) is 8.85. The second-order valence-corrected chi connectivity index (χ2v) is 3.34. The zero-order valence-electron chi connectivity index (χ0n) is 6.51. The molecule has 0 saturated carbocycles. The van der Waals surface area contributed by atoms with Crippen molar-refractivity contribution in [1.82, 2.24) is 4.90 Å². The van der Waals surface area contributed by atoms with Gasteiger partial charge < -0.3 is 5.11 Å². The molecule has 0 aromatic heterocycles. The van der Waals surface area contributed by atoms with Crippen molar-refractivity contribution >= 4 is 21.9 Å². The van der Waals surface area contributed by atoms with Crippen LogP contribution in [0.5, 0.6) is 0 Å². The first-order chi connectivity index (χ1) is 5.06. The summed E-state index contributed by atoms with van der Waals surface area (Å²) in [7, 11) is 0. The predicted octanol–water partition coefficient (Wildman–Crippen LogP) is 1.30. The van der Waals surface area contributed by atoms with Crippen molar-refractivity contribution < 1.29 is 9.90 Å². The van der Waals surface area contributed by atoms with Crippen molar-refractivity contribution in [3.63, 3.8) is 0 Å². The fraction of sp³-hybridized carbons (Fsp3) is 0.571. The molecular formula is C7H12BrNO2. The van der Waals surface area contributed by atoms with Crippen molar-refractivity contribution in [3.8, 4) is 0 Å². The number of hydrogen-bond acceptors (Lipinski definition) is 2. The smallest absolute Gasteiger partial charge is 0.317 e. The van der Waals surface area contributed by atoms with E-state index in [-0.39, 0.29) is 6.54 Å². The van der Waals surface area contributed by atoms with E-state index >= 15 is 0 Å². The SMILES string of the molecule is C=C(Br)CN(CC)CC(=O)O. The lowest BCUT2D eigenvalue weighted by Crippen LogP contribution is -2.30. The Morgan fingerprint density at radius 2 is 2.18 bits per heavy atom. The van der Waals surface area contributed by atoms with Gasteiger partial charge in [-0.2, -0.15) is 0 Å². The molecule has 0 unspecified atom stereocenters. The second kappa shape index (κ2) is 5.32. The maximum atomic E-state index is 10.3. The maximum Gasteiger partial charge on any atom is 0.317 e. The highest BCUT2D eigenvalue weighted by atomic mass is 79.9. The normalized spacial score (nSPS) is 10.1. The minimum atomic E-state index is -0.805. The monoisotopic (exact) mass is 221 g/mol. The molecule has 1 N–H and O–H groups in total. The molecule has 0 radical (unpaired) electrons. The van der Waals surface area contributed by atoms with Gasteiger partial charge in [-0.1, -0.05) is 29.4 Å². The third-order valence-electron chi connectivity index (χ3n) is 1.20. The number of aliphatic carboxylic acids is 1. The van der Waals surface area contributed by atoms with Crippen LogP contribution in [0.4, 0.5) is 0 Å². The van der Waals surface area contributed by atoms with Crippen LogP contribution in [0.25, 0.3) is 0 Å². The van der Waals surface area contributed by atoms with Gasteiger partial charge in [0.25, 0.3) is 0 Å². The molecule has 0 aliphatic heterocycles. The fourth-order valence-corrected chi connectivity index (χ4v) is 1.07. The largest absolute Gasteiger partial charge is 0.480 e. The van der Waals surface area contributed by atoms with Gasteiger partial charge in [0.05, 0.1) is 6.54 Å². The van der Waals surface area contributed by atoms with Crippen LogP contribution < -0.4 is 0 Å². The van der Waals surface area contributed by atoms with Crippen LogP contribution in [0.1, 0.15) is 6.92 Å². The molecule has 0 rings (SSSR count). The van der Waals surface area contributed by atoms with Crippen LogP contribution in [0.15, 0.2) is 11.1 Å². The number of carboxylic acids is 1. The summed E-state index contributed by atoms with van der Waals surface area (Å²) in [6, 6.07) is 0. The molecule has 0 aliphatic rings. The Kier molecular flexibility index (Phi) is 5.15. The lowest BCUT2D eigenvalue weighted by atomic mass is 10.4. The topological polar surface area (TPSA) is 40.5 Å². The molecular weight excluding hydrogens is 210 g/mol. The summed E-state index contributed by atoms with van der Waals surface area (Å²) in [5.74, 6) is -0.805. The van der Waals surface area contributed by atoms with E-state index in [1.807, 2.05) is 6.92 Å². The summed E-state index contributed by atoms with van der Waals surface area (Å²) >= 11 is 3.18. The summed E-state index contributed by atoms with van der Waals surface area (Å²) < 4.78 is 0.806. The van der Waals surface area contributed by atoms with Crippen molar-refractivity contribution in [2.75, 3.05) is 19.6 Å². The lowest BCUT2D eigenvalue weighted by molar-refractivity contribution is -0.138. The van der Waals surface area contributed by atoms with Crippen LogP contribution in [0, 0.1) is 0 Å². The standard InChI is InChI=1S/C7H12BrNO2/c1-3-9(4-6(2)8)5-7(10)11/h2-5H2,1H3,(H,10,11). The van der Waals surface area contributed by atoms with E-state index in [0.717, 1.165) is 11.0 Å².